The Morgan fingerprint density at radius 1 is 1.15 bits per heavy atom. The second-order valence-electron chi connectivity index (χ2n) is 4.56. The fourth-order valence-corrected chi connectivity index (χ4v) is 1.75. The van der Waals surface area contributed by atoms with E-state index in [1.165, 1.54) is 6.08 Å². The summed E-state index contributed by atoms with van der Waals surface area (Å²) < 4.78 is 9.81. The van der Waals surface area contributed by atoms with Crippen LogP contribution in [0.5, 0.6) is 0 Å². The number of ether oxygens (including phenoxy) is 2. The van der Waals surface area contributed by atoms with E-state index < -0.39 is 24.0 Å². The standard InChI is InChI=1S/C15H26O5/c1-5-8-9-13(16)12(15(18)20-7-3)10-11(4)14(17)19-6-2/h10,12-13,16H,5-9H2,1-4H3/b11-10+. The molecule has 2 atom stereocenters. The van der Waals surface area contributed by atoms with Crippen LogP contribution >= 0.6 is 0 Å². The molecule has 0 amide bonds. The Morgan fingerprint density at radius 2 is 1.75 bits per heavy atom. The molecule has 0 saturated heterocycles. The lowest BCUT2D eigenvalue weighted by molar-refractivity contribution is -0.149. The lowest BCUT2D eigenvalue weighted by Crippen LogP contribution is -2.29. The molecule has 0 heterocycles. The number of unbranched alkanes of at least 4 members (excludes halogenated alkanes) is 1. The van der Waals surface area contributed by atoms with Crippen LogP contribution in [0.1, 0.15) is 47.0 Å². The average Bonchev–Trinajstić information content (AvgIpc) is 2.42. The highest BCUT2D eigenvalue weighted by molar-refractivity contribution is 5.89. The zero-order valence-corrected chi connectivity index (χ0v) is 12.8. The number of carbonyl (C=O) groups is 2. The molecule has 2 unspecified atom stereocenters. The molecule has 0 aliphatic heterocycles. The van der Waals surface area contributed by atoms with Gasteiger partial charge in [-0.25, -0.2) is 4.79 Å². The first-order valence-electron chi connectivity index (χ1n) is 7.18. The van der Waals surface area contributed by atoms with Crippen molar-refractivity contribution in [2.75, 3.05) is 13.2 Å². The lowest BCUT2D eigenvalue weighted by Gasteiger charge is -2.19. The topological polar surface area (TPSA) is 72.8 Å². The van der Waals surface area contributed by atoms with Gasteiger partial charge < -0.3 is 14.6 Å². The van der Waals surface area contributed by atoms with Gasteiger partial charge in [0.25, 0.3) is 0 Å². The molecule has 116 valence electrons. The summed E-state index contributed by atoms with van der Waals surface area (Å²) in [6, 6.07) is 0. The molecule has 5 heteroatoms. The van der Waals surface area contributed by atoms with E-state index in [1.54, 1.807) is 20.8 Å². The summed E-state index contributed by atoms with van der Waals surface area (Å²) in [5.74, 6) is -1.82. The largest absolute Gasteiger partial charge is 0.465 e. The summed E-state index contributed by atoms with van der Waals surface area (Å²) in [6.45, 7) is 7.50. The number of hydrogen-bond acceptors (Lipinski definition) is 5. The zero-order chi connectivity index (χ0) is 15.5. The van der Waals surface area contributed by atoms with Gasteiger partial charge in [-0.15, -0.1) is 0 Å². The summed E-state index contributed by atoms with van der Waals surface area (Å²) in [5.41, 5.74) is 0.306. The van der Waals surface area contributed by atoms with Gasteiger partial charge in [0, 0.05) is 5.57 Å². The van der Waals surface area contributed by atoms with Crippen LogP contribution in [0.2, 0.25) is 0 Å². The van der Waals surface area contributed by atoms with E-state index in [1.807, 2.05) is 6.92 Å². The molecule has 20 heavy (non-hydrogen) atoms. The molecule has 0 saturated carbocycles. The van der Waals surface area contributed by atoms with Gasteiger partial charge in [0.15, 0.2) is 0 Å². The predicted octanol–water partition coefficient (Wildman–Crippen LogP) is 2.23. The van der Waals surface area contributed by atoms with Crippen molar-refractivity contribution in [2.24, 2.45) is 5.92 Å². The molecule has 5 nitrogen and oxygen atoms in total. The van der Waals surface area contributed by atoms with Crippen molar-refractivity contribution in [2.45, 2.75) is 53.1 Å². The SMILES string of the molecule is CCCCC(O)C(/C=C(\C)C(=O)OCC)C(=O)OCC. The summed E-state index contributed by atoms with van der Waals surface area (Å²) in [4.78, 5) is 23.5. The molecular weight excluding hydrogens is 260 g/mol. The van der Waals surface area contributed by atoms with Crippen LogP contribution in [0.4, 0.5) is 0 Å². The van der Waals surface area contributed by atoms with Crippen molar-refractivity contribution >= 4 is 11.9 Å². The van der Waals surface area contributed by atoms with Crippen LogP contribution < -0.4 is 0 Å². The van der Waals surface area contributed by atoms with Gasteiger partial charge in [0.05, 0.1) is 19.3 Å². The first-order chi connectivity index (χ1) is 9.47. The van der Waals surface area contributed by atoms with Crippen LogP contribution in [0, 0.1) is 5.92 Å². The Morgan fingerprint density at radius 3 is 2.25 bits per heavy atom. The van der Waals surface area contributed by atoms with Gasteiger partial charge >= 0.3 is 11.9 Å². The van der Waals surface area contributed by atoms with E-state index in [9.17, 15) is 14.7 Å². The highest BCUT2D eigenvalue weighted by Crippen LogP contribution is 2.17. The molecule has 0 bridgehead atoms. The molecule has 0 rings (SSSR count). The Bertz CT molecular complexity index is 335. The van der Waals surface area contributed by atoms with Gasteiger partial charge in [0.2, 0.25) is 0 Å². The fourth-order valence-electron chi connectivity index (χ4n) is 1.75. The molecule has 0 spiro atoms. The quantitative estimate of drug-likeness (QED) is 0.520. The van der Waals surface area contributed by atoms with E-state index >= 15 is 0 Å². The minimum Gasteiger partial charge on any atom is -0.465 e. The first-order valence-corrected chi connectivity index (χ1v) is 7.18. The third-order valence-corrected chi connectivity index (χ3v) is 2.85. The maximum Gasteiger partial charge on any atom is 0.333 e. The number of rotatable bonds is 9. The number of carbonyl (C=O) groups excluding carboxylic acids is 2. The van der Waals surface area contributed by atoms with E-state index in [-0.39, 0.29) is 13.2 Å². The second kappa shape index (κ2) is 10.4. The van der Waals surface area contributed by atoms with Crippen LogP contribution in [0.3, 0.4) is 0 Å². The summed E-state index contributed by atoms with van der Waals surface area (Å²) in [5, 5.41) is 10.1. The van der Waals surface area contributed by atoms with E-state index in [4.69, 9.17) is 9.47 Å². The second-order valence-corrected chi connectivity index (χ2v) is 4.56. The van der Waals surface area contributed by atoms with Crippen LogP contribution in [0.25, 0.3) is 0 Å². The Hall–Kier alpha value is -1.36. The minimum atomic E-state index is -0.849. The average molecular weight is 286 g/mol. The summed E-state index contributed by atoms with van der Waals surface area (Å²) in [6.07, 6.45) is 2.82. The van der Waals surface area contributed by atoms with E-state index in [0.29, 0.717) is 12.0 Å². The molecule has 0 aromatic heterocycles. The van der Waals surface area contributed by atoms with Crippen molar-refractivity contribution in [1.29, 1.82) is 0 Å². The zero-order valence-electron chi connectivity index (χ0n) is 12.8. The third-order valence-electron chi connectivity index (χ3n) is 2.85. The van der Waals surface area contributed by atoms with Crippen molar-refractivity contribution in [3.8, 4) is 0 Å². The molecule has 0 aromatic rings. The monoisotopic (exact) mass is 286 g/mol. The van der Waals surface area contributed by atoms with Gasteiger partial charge in [-0.05, 0) is 27.2 Å². The number of aliphatic hydroxyl groups excluding tert-OH is 1. The highest BCUT2D eigenvalue weighted by Gasteiger charge is 2.26. The maximum atomic E-state index is 11.9. The van der Waals surface area contributed by atoms with Crippen molar-refractivity contribution in [3.63, 3.8) is 0 Å². The van der Waals surface area contributed by atoms with Gasteiger partial charge in [0.1, 0.15) is 5.92 Å². The molecule has 0 aliphatic rings. The molecule has 0 fully saturated rings. The summed E-state index contributed by atoms with van der Waals surface area (Å²) in [7, 11) is 0. The van der Waals surface area contributed by atoms with Crippen LogP contribution in [0.15, 0.2) is 11.6 Å². The Balaban J connectivity index is 4.96. The van der Waals surface area contributed by atoms with Gasteiger partial charge in [-0.2, -0.15) is 0 Å². The number of esters is 2. The molecule has 1 N–H and O–H groups in total. The normalized spacial score (nSPS) is 14.6. The van der Waals surface area contributed by atoms with Crippen molar-refractivity contribution in [3.05, 3.63) is 11.6 Å². The van der Waals surface area contributed by atoms with Crippen LogP contribution in [-0.4, -0.2) is 36.4 Å². The lowest BCUT2D eigenvalue weighted by atomic mass is 9.95. The Labute approximate surface area is 121 Å². The van der Waals surface area contributed by atoms with Crippen molar-refractivity contribution in [1.82, 2.24) is 0 Å². The maximum absolute atomic E-state index is 11.9. The number of aliphatic hydroxyl groups is 1. The smallest absolute Gasteiger partial charge is 0.333 e. The third kappa shape index (κ3) is 6.70. The van der Waals surface area contributed by atoms with Crippen molar-refractivity contribution < 1.29 is 24.2 Å². The molecule has 0 aromatic carbocycles. The van der Waals surface area contributed by atoms with E-state index in [2.05, 4.69) is 0 Å². The molecule has 0 radical (unpaired) electrons. The number of hydrogen-bond donors (Lipinski definition) is 1. The predicted molar refractivity (Wildman–Crippen MR) is 76.0 cm³/mol. The Kier molecular flexibility index (Phi) is 9.72. The van der Waals surface area contributed by atoms with Crippen LogP contribution in [-0.2, 0) is 19.1 Å². The van der Waals surface area contributed by atoms with E-state index in [0.717, 1.165) is 12.8 Å². The van der Waals surface area contributed by atoms with Gasteiger partial charge in [-0.1, -0.05) is 25.8 Å². The van der Waals surface area contributed by atoms with Gasteiger partial charge in [-0.3, -0.25) is 4.79 Å². The highest BCUT2D eigenvalue weighted by atomic mass is 16.5. The molecular formula is C15H26O5. The fraction of sp³-hybridized carbons (Fsp3) is 0.733. The minimum absolute atomic E-state index is 0.238. The summed E-state index contributed by atoms with van der Waals surface area (Å²) >= 11 is 0. The molecule has 0 aliphatic carbocycles. The first kappa shape index (κ1) is 18.6.